The number of nitrogens with zero attached hydrogens (tertiary/aromatic N) is 1. The Hall–Kier alpha value is -8.78. The van der Waals surface area contributed by atoms with Gasteiger partial charge in [0.25, 0.3) is 0 Å². The lowest BCUT2D eigenvalue weighted by atomic mass is 9.87. The molecule has 0 aliphatic carbocycles. The number of benzene rings is 11. The van der Waals surface area contributed by atoms with Crippen molar-refractivity contribution < 1.29 is 0 Å². The minimum absolute atomic E-state index is 1.08. The van der Waals surface area contributed by atoms with Crippen LogP contribution in [0.4, 0.5) is 17.1 Å². The number of rotatable bonds is 11. The van der Waals surface area contributed by atoms with Crippen LogP contribution in [0.3, 0.4) is 0 Å². The molecular formula is C66H47N. The zero-order valence-electron chi connectivity index (χ0n) is 37.1. The molecule has 1 nitrogen and oxygen atoms in total. The summed E-state index contributed by atoms with van der Waals surface area (Å²) in [5.74, 6) is 0. The van der Waals surface area contributed by atoms with Crippen molar-refractivity contribution in [3.05, 3.63) is 285 Å². The van der Waals surface area contributed by atoms with E-state index in [-0.39, 0.29) is 0 Å². The van der Waals surface area contributed by atoms with Crippen molar-refractivity contribution in [2.45, 2.75) is 0 Å². The van der Waals surface area contributed by atoms with Gasteiger partial charge in [0.2, 0.25) is 0 Å². The van der Waals surface area contributed by atoms with Gasteiger partial charge < -0.3 is 4.90 Å². The molecule has 0 aliphatic heterocycles. The van der Waals surface area contributed by atoms with Crippen LogP contribution < -0.4 is 4.90 Å². The largest absolute Gasteiger partial charge is 0.311 e. The van der Waals surface area contributed by atoms with E-state index in [1.807, 2.05) is 0 Å². The van der Waals surface area contributed by atoms with Crippen LogP contribution in [0.1, 0.15) is 0 Å². The molecular weight excluding hydrogens is 807 g/mol. The summed E-state index contributed by atoms with van der Waals surface area (Å²) in [6.45, 7) is 0. The van der Waals surface area contributed by atoms with E-state index in [0.717, 1.165) is 28.2 Å². The van der Waals surface area contributed by atoms with Gasteiger partial charge in [-0.05, 0) is 125 Å². The predicted octanol–water partition coefficient (Wildman–Crippen LogP) is 18.5. The summed E-state index contributed by atoms with van der Waals surface area (Å²) in [7, 11) is 0. The van der Waals surface area contributed by atoms with Gasteiger partial charge in [0.05, 0.1) is 0 Å². The number of hydrogen-bond acceptors (Lipinski definition) is 1. The van der Waals surface area contributed by atoms with Crippen LogP contribution in [0.25, 0.3) is 89.0 Å². The Kier molecular flexibility index (Phi) is 11.5. The molecule has 0 fully saturated rings. The third-order valence-electron chi connectivity index (χ3n) is 12.7. The van der Waals surface area contributed by atoms with Gasteiger partial charge in [-0.15, -0.1) is 0 Å². The van der Waals surface area contributed by atoms with Crippen molar-refractivity contribution in [2.24, 2.45) is 0 Å². The van der Waals surface area contributed by atoms with Gasteiger partial charge in [-0.3, -0.25) is 0 Å². The lowest BCUT2D eigenvalue weighted by molar-refractivity contribution is 1.28. The van der Waals surface area contributed by atoms with E-state index < -0.39 is 0 Å². The molecule has 0 unspecified atom stereocenters. The van der Waals surface area contributed by atoms with E-state index in [1.54, 1.807) is 0 Å². The molecule has 316 valence electrons. The third-order valence-corrected chi connectivity index (χ3v) is 12.7. The normalized spacial score (nSPS) is 11.0. The molecule has 0 saturated heterocycles. The second kappa shape index (κ2) is 18.7. The van der Waals surface area contributed by atoms with E-state index in [9.17, 15) is 0 Å². The third kappa shape index (κ3) is 8.51. The molecule has 0 aliphatic rings. The van der Waals surface area contributed by atoms with Gasteiger partial charge in [-0.2, -0.15) is 0 Å². The molecule has 0 radical (unpaired) electrons. The first-order valence-corrected chi connectivity index (χ1v) is 23.0. The highest BCUT2D eigenvalue weighted by Gasteiger charge is 2.19. The molecule has 0 N–H and O–H groups in total. The monoisotopic (exact) mass is 853 g/mol. The molecule has 11 rings (SSSR count). The molecule has 67 heavy (non-hydrogen) atoms. The topological polar surface area (TPSA) is 3.24 Å². The van der Waals surface area contributed by atoms with Crippen LogP contribution in [0.5, 0.6) is 0 Å². The fourth-order valence-corrected chi connectivity index (χ4v) is 9.45. The van der Waals surface area contributed by atoms with Gasteiger partial charge in [0.15, 0.2) is 0 Å². The maximum atomic E-state index is 2.37. The molecule has 0 aromatic heterocycles. The summed E-state index contributed by atoms with van der Waals surface area (Å²) in [6.07, 6.45) is 0. The van der Waals surface area contributed by atoms with Crippen molar-refractivity contribution in [3.63, 3.8) is 0 Å². The highest BCUT2D eigenvalue weighted by atomic mass is 15.1. The first-order valence-electron chi connectivity index (χ1n) is 23.0. The molecule has 0 heterocycles. The Bertz CT molecular complexity index is 3190. The summed E-state index contributed by atoms with van der Waals surface area (Å²) in [4.78, 5) is 2.37. The minimum Gasteiger partial charge on any atom is -0.311 e. The Morgan fingerprint density at radius 1 is 0.149 bits per heavy atom. The van der Waals surface area contributed by atoms with Crippen LogP contribution in [-0.2, 0) is 0 Å². The summed E-state index contributed by atoms with van der Waals surface area (Å²) >= 11 is 0. The second-order valence-corrected chi connectivity index (χ2v) is 16.8. The Morgan fingerprint density at radius 2 is 0.358 bits per heavy atom. The molecule has 0 amide bonds. The highest BCUT2D eigenvalue weighted by Crippen LogP contribution is 2.44. The molecule has 0 saturated carbocycles. The standard InChI is InChI=1S/C66H47N/c1-6-18-48(19-7-1)49-32-34-50(35-33-49)51-36-42-58(43-37-51)67(59-44-38-54(39-45-59)63-30-16-28-61(52-20-8-2-9-21-52)65(63)56-24-12-4-13-25-56)60-46-40-55(41-47-60)64-31-17-29-62(53-22-10-3-11-23-53)66(64)57-26-14-5-15-27-57/h1-47H. The zero-order chi connectivity index (χ0) is 44.8. The second-order valence-electron chi connectivity index (χ2n) is 16.8. The number of anilines is 3. The van der Waals surface area contributed by atoms with Crippen LogP contribution >= 0.6 is 0 Å². The summed E-state index contributed by atoms with van der Waals surface area (Å²) < 4.78 is 0. The van der Waals surface area contributed by atoms with E-state index in [2.05, 4.69) is 290 Å². The van der Waals surface area contributed by atoms with Crippen molar-refractivity contribution >= 4 is 17.1 Å². The van der Waals surface area contributed by atoms with E-state index in [1.165, 1.54) is 77.9 Å². The minimum atomic E-state index is 1.08. The molecule has 0 bridgehead atoms. The van der Waals surface area contributed by atoms with Gasteiger partial charge >= 0.3 is 0 Å². The van der Waals surface area contributed by atoms with Crippen LogP contribution in [0.2, 0.25) is 0 Å². The maximum Gasteiger partial charge on any atom is 0.0462 e. The van der Waals surface area contributed by atoms with Crippen LogP contribution in [0, 0.1) is 0 Å². The SMILES string of the molecule is c1ccc(-c2ccc(-c3ccc(N(c4ccc(-c5cccc(-c6ccccc6)c5-c5ccccc5)cc4)c4ccc(-c5cccc(-c6ccccc6)c5-c5ccccc5)cc4)cc3)cc2)cc1. The van der Waals surface area contributed by atoms with Gasteiger partial charge in [-0.1, -0.05) is 249 Å². The Balaban J connectivity index is 0.995. The Labute approximate surface area is 394 Å². The first kappa shape index (κ1) is 41.0. The van der Waals surface area contributed by atoms with Gasteiger partial charge in [0, 0.05) is 17.1 Å². The maximum absolute atomic E-state index is 2.37. The summed E-state index contributed by atoms with van der Waals surface area (Å²) in [5.41, 5.74) is 22.4. The lowest BCUT2D eigenvalue weighted by Crippen LogP contribution is -2.09. The zero-order valence-corrected chi connectivity index (χ0v) is 37.1. The van der Waals surface area contributed by atoms with Crippen molar-refractivity contribution in [3.8, 4) is 89.0 Å². The molecule has 1 heteroatoms. The molecule has 11 aromatic carbocycles. The van der Waals surface area contributed by atoms with E-state index in [0.29, 0.717) is 0 Å². The molecule has 0 atom stereocenters. The van der Waals surface area contributed by atoms with E-state index >= 15 is 0 Å². The summed E-state index contributed by atoms with van der Waals surface area (Å²) in [5, 5.41) is 0. The summed E-state index contributed by atoms with van der Waals surface area (Å²) in [6, 6.07) is 103. The van der Waals surface area contributed by atoms with Crippen molar-refractivity contribution in [1.29, 1.82) is 0 Å². The van der Waals surface area contributed by atoms with Crippen LogP contribution in [-0.4, -0.2) is 0 Å². The van der Waals surface area contributed by atoms with Crippen molar-refractivity contribution in [2.75, 3.05) is 4.90 Å². The Morgan fingerprint density at radius 3 is 0.657 bits per heavy atom. The molecule has 11 aromatic rings. The van der Waals surface area contributed by atoms with Gasteiger partial charge in [0.1, 0.15) is 0 Å². The fraction of sp³-hybridized carbons (Fsp3) is 0. The average Bonchev–Trinajstić information content (AvgIpc) is 3.42. The van der Waals surface area contributed by atoms with Crippen LogP contribution in [0.15, 0.2) is 285 Å². The quantitative estimate of drug-likeness (QED) is 0.125. The average molecular weight is 854 g/mol. The predicted molar refractivity (Wildman–Crippen MR) is 285 cm³/mol. The lowest BCUT2D eigenvalue weighted by Gasteiger charge is -2.26. The first-order chi connectivity index (χ1) is 33.2. The fourth-order valence-electron chi connectivity index (χ4n) is 9.45. The highest BCUT2D eigenvalue weighted by molar-refractivity contribution is 5.96. The molecule has 0 spiro atoms. The van der Waals surface area contributed by atoms with Crippen molar-refractivity contribution in [1.82, 2.24) is 0 Å². The number of hydrogen-bond donors (Lipinski definition) is 0. The smallest absolute Gasteiger partial charge is 0.0462 e. The van der Waals surface area contributed by atoms with Gasteiger partial charge in [-0.25, -0.2) is 0 Å². The van der Waals surface area contributed by atoms with E-state index in [4.69, 9.17) is 0 Å².